The van der Waals surface area contributed by atoms with Crippen molar-refractivity contribution < 1.29 is 14.6 Å². The Hall–Kier alpha value is -2.81. The van der Waals surface area contributed by atoms with E-state index in [2.05, 4.69) is 6.07 Å². The molecule has 0 saturated heterocycles. The molecule has 3 nitrogen and oxygen atoms in total. The van der Waals surface area contributed by atoms with E-state index in [1.165, 1.54) is 0 Å². The molecule has 0 unspecified atom stereocenters. The Labute approximate surface area is 122 Å². The average molecular weight is 278 g/mol. The van der Waals surface area contributed by atoms with Crippen molar-refractivity contribution in [3.8, 4) is 16.9 Å². The summed E-state index contributed by atoms with van der Waals surface area (Å²) in [6.45, 7) is 0. The highest BCUT2D eigenvalue weighted by molar-refractivity contribution is 5.90. The highest BCUT2D eigenvalue weighted by atomic mass is 16.5. The van der Waals surface area contributed by atoms with Crippen LogP contribution in [0.1, 0.15) is 10.4 Å². The van der Waals surface area contributed by atoms with Crippen LogP contribution in [0.15, 0.2) is 60.7 Å². The van der Waals surface area contributed by atoms with Crippen LogP contribution in [0, 0.1) is 0 Å². The quantitative estimate of drug-likeness (QED) is 0.780. The first kappa shape index (κ1) is 13.2. The van der Waals surface area contributed by atoms with Crippen molar-refractivity contribution in [3.05, 3.63) is 66.2 Å². The van der Waals surface area contributed by atoms with Crippen molar-refractivity contribution in [2.24, 2.45) is 0 Å². The van der Waals surface area contributed by atoms with Gasteiger partial charge in [-0.1, -0.05) is 30.3 Å². The number of carboxylic acid groups (broad SMARTS) is 1. The summed E-state index contributed by atoms with van der Waals surface area (Å²) in [5.41, 5.74) is 2.35. The van der Waals surface area contributed by atoms with Gasteiger partial charge in [-0.05, 0) is 52.2 Å². The van der Waals surface area contributed by atoms with Crippen LogP contribution in [-0.4, -0.2) is 18.2 Å². The maximum Gasteiger partial charge on any atom is 0.335 e. The molecular weight excluding hydrogens is 264 g/mol. The summed E-state index contributed by atoms with van der Waals surface area (Å²) in [5.74, 6) is -0.0757. The number of rotatable bonds is 3. The summed E-state index contributed by atoms with van der Waals surface area (Å²) in [7, 11) is 1.65. The van der Waals surface area contributed by atoms with Gasteiger partial charge in [-0.15, -0.1) is 0 Å². The molecular formula is C18H14O3. The van der Waals surface area contributed by atoms with Crippen molar-refractivity contribution in [2.75, 3.05) is 7.11 Å². The van der Waals surface area contributed by atoms with Gasteiger partial charge in [-0.3, -0.25) is 0 Å². The van der Waals surface area contributed by atoms with E-state index in [-0.39, 0.29) is 0 Å². The lowest BCUT2D eigenvalue weighted by Crippen LogP contribution is -1.94. The zero-order valence-electron chi connectivity index (χ0n) is 11.5. The molecule has 0 spiro atoms. The van der Waals surface area contributed by atoms with Crippen LogP contribution in [0.4, 0.5) is 0 Å². The number of carboxylic acids is 1. The molecule has 3 heteroatoms. The van der Waals surface area contributed by atoms with E-state index in [0.717, 1.165) is 27.6 Å². The number of methoxy groups -OCH3 is 1. The van der Waals surface area contributed by atoms with E-state index in [1.54, 1.807) is 19.2 Å². The van der Waals surface area contributed by atoms with Gasteiger partial charge >= 0.3 is 5.97 Å². The third-order valence-corrected chi connectivity index (χ3v) is 3.51. The predicted octanol–water partition coefficient (Wildman–Crippen LogP) is 4.21. The average Bonchev–Trinajstić information content (AvgIpc) is 2.54. The van der Waals surface area contributed by atoms with Gasteiger partial charge in [0.1, 0.15) is 5.75 Å². The number of carbonyl (C=O) groups is 1. The second-order valence-electron chi connectivity index (χ2n) is 4.81. The van der Waals surface area contributed by atoms with Gasteiger partial charge in [0.05, 0.1) is 12.7 Å². The van der Waals surface area contributed by atoms with Crippen LogP contribution < -0.4 is 4.74 Å². The van der Waals surface area contributed by atoms with Gasteiger partial charge in [0.2, 0.25) is 0 Å². The Morgan fingerprint density at radius 2 is 1.48 bits per heavy atom. The van der Waals surface area contributed by atoms with Gasteiger partial charge in [0.15, 0.2) is 0 Å². The minimum absolute atomic E-state index is 0.296. The Balaban J connectivity index is 2.02. The minimum atomic E-state index is -0.910. The molecule has 0 aliphatic rings. The van der Waals surface area contributed by atoms with Crippen LogP contribution in [0.25, 0.3) is 21.9 Å². The number of benzene rings is 3. The first-order valence-corrected chi connectivity index (χ1v) is 6.59. The van der Waals surface area contributed by atoms with Crippen LogP contribution in [-0.2, 0) is 0 Å². The molecule has 104 valence electrons. The van der Waals surface area contributed by atoms with Crippen LogP contribution in [0.3, 0.4) is 0 Å². The molecule has 0 saturated carbocycles. The molecule has 0 atom stereocenters. The topological polar surface area (TPSA) is 46.5 Å². The van der Waals surface area contributed by atoms with E-state index in [0.29, 0.717) is 5.56 Å². The van der Waals surface area contributed by atoms with Crippen molar-refractivity contribution >= 4 is 16.7 Å². The summed E-state index contributed by atoms with van der Waals surface area (Å²) >= 11 is 0. The SMILES string of the molecule is COc1ccc2cc(-c3ccc(C(=O)O)cc3)ccc2c1. The second-order valence-corrected chi connectivity index (χ2v) is 4.81. The first-order chi connectivity index (χ1) is 10.2. The van der Waals surface area contributed by atoms with Crippen molar-refractivity contribution in [2.45, 2.75) is 0 Å². The van der Waals surface area contributed by atoms with E-state index in [9.17, 15) is 4.79 Å². The zero-order chi connectivity index (χ0) is 14.8. The van der Waals surface area contributed by atoms with Crippen molar-refractivity contribution in [1.82, 2.24) is 0 Å². The van der Waals surface area contributed by atoms with Crippen LogP contribution in [0.5, 0.6) is 5.75 Å². The fraction of sp³-hybridized carbons (Fsp3) is 0.0556. The molecule has 21 heavy (non-hydrogen) atoms. The number of ether oxygens (including phenoxy) is 1. The molecule has 0 radical (unpaired) electrons. The lowest BCUT2D eigenvalue weighted by molar-refractivity contribution is 0.0697. The molecule has 3 aromatic rings. The molecule has 3 aromatic carbocycles. The molecule has 0 aromatic heterocycles. The second kappa shape index (κ2) is 5.29. The molecule has 1 N–H and O–H groups in total. The lowest BCUT2D eigenvalue weighted by Gasteiger charge is -2.06. The summed E-state index contributed by atoms with van der Waals surface area (Å²) in [5, 5.41) is 11.2. The molecule has 0 heterocycles. The number of aromatic carboxylic acids is 1. The zero-order valence-corrected chi connectivity index (χ0v) is 11.5. The fourth-order valence-electron chi connectivity index (χ4n) is 2.34. The minimum Gasteiger partial charge on any atom is -0.497 e. The summed E-state index contributed by atoms with van der Waals surface area (Å²) < 4.78 is 5.22. The fourth-order valence-corrected chi connectivity index (χ4v) is 2.34. The maximum absolute atomic E-state index is 10.9. The largest absolute Gasteiger partial charge is 0.497 e. The number of hydrogen-bond acceptors (Lipinski definition) is 2. The van der Waals surface area contributed by atoms with Crippen molar-refractivity contribution in [1.29, 1.82) is 0 Å². The molecule has 0 aliphatic carbocycles. The van der Waals surface area contributed by atoms with Gasteiger partial charge in [-0.2, -0.15) is 0 Å². The smallest absolute Gasteiger partial charge is 0.335 e. The molecule has 0 aliphatic heterocycles. The first-order valence-electron chi connectivity index (χ1n) is 6.59. The maximum atomic E-state index is 10.9. The Morgan fingerprint density at radius 1 is 0.857 bits per heavy atom. The van der Waals surface area contributed by atoms with E-state index in [1.807, 2.05) is 42.5 Å². The van der Waals surface area contributed by atoms with Crippen LogP contribution >= 0.6 is 0 Å². The standard InChI is InChI=1S/C18H14O3/c1-21-17-9-8-15-10-14(6-7-16(15)11-17)12-2-4-13(5-3-12)18(19)20/h2-11H,1H3,(H,19,20). The lowest BCUT2D eigenvalue weighted by atomic mass is 10.0. The molecule has 3 rings (SSSR count). The predicted molar refractivity (Wildman–Crippen MR) is 82.9 cm³/mol. The van der Waals surface area contributed by atoms with Gasteiger partial charge in [0, 0.05) is 0 Å². The Morgan fingerprint density at radius 3 is 2.14 bits per heavy atom. The molecule has 0 bridgehead atoms. The summed E-state index contributed by atoms with van der Waals surface area (Å²) in [6, 6.07) is 19.0. The molecule has 0 fully saturated rings. The normalized spacial score (nSPS) is 10.5. The van der Waals surface area contributed by atoms with Crippen LogP contribution in [0.2, 0.25) is 0 Å². The Kier molecular flexibility index (Phi) is 3.32. The van der Waals surface area contributed by atoms with Crippen molar-refractivity contribution in [3.63, 3.8) is 0 Å². The van der Waals surface area contributed by atoms with Gasteiger partial charge < -0.3 is 9.84 Å². The van der Waals surface area contributed by atoms with E-state index in [4.69, 9.17) is 9.84 Å². The highest BCUT2D eigenvalue weighted by Crippen LogP contribution is 2.27. The van der Waals surface area contributed by atoms with E-state index < -0.39 is 5.97 Å². The van der Waals surface area contributed by atoms with Gasteiger partial charge in [0.25, 0.3) is 0 Å². The number of hydrogen-bond donors (Lipinski definition) is 1. The summed E-state index contributed by atoms with van der Waals surface area (Å²) in [6.07, 6.45) is 0. The molecule has 0 amide bonds. The monoisotopic (exact) mass is 278 g/mol. The summed E-state index contributed by atoms with van der Waals surface area (Å²) in [4.78, 5) is 10.9. The van der Waals surface area contributed by atoms with Gasteiger partial charge in [-0.25, -0.2) is 4.79 Å². The number of fused-ring (bicyclic) bond motifs is 1. The highest BCUT2D eigenvalue weighted by Gasteiger charge is 2.04. The third kappa shape index (κ3) is 2.58. The third-order valence-electron chi connectivity index (χ3n) is 3.51. The Bertz CT molecular complexity index is 804. The van der Waals surface area contributed by atoms with E-state index >= 15 is 0 Å².